The Bertz CT molecular complexity index is 221. The standard InChI is InChI=1S/C8H11N3O2/c9-3-1-5-11(6-2-4-10)8(13)7-12/h12H,1-2,5-7H2. The summed E-state index contributed by atoms with van der Waals surface area (Å²) in [6, 6.07) is 3.79. The molecular weight excluding hydrogens is 170 g/mol. The molecule has 1 N–H and O–H groups in total. The van der Waals surface area contributed by atoms with Crippen LogP contribution >= 0.6 is 0 Å². The Morgan fingerprint density at radius 3 is 2.00 bits per heavy atom. The molecule has 5 nitrogen and oxygen atoms in total. The molecule has 0 aliphatic heterocycles. The molecule has 0 fully saturated rings. The molecule has 70 valence electrons. The summed E-state index contributed by atoms with van der Waals surface area (Å²) in [7, 11) is 0. The van der Waals surface area contributed by atoms with Crippen LogP contribution < -0.4 is 0 Å². The normalized spacial score (nSPS) is 8.54. The third kappa shape index (κ3) is 4.78. The van der Waals surface area contributed by atoms with Crippen LogP contribution in [0.5, 0.6) is 0 Å². The molecule has 0 bridgehead atoms. The zero-order valence-electron chi connectivity index (χ0n) is 7.23. The van der Waals surface area contributed by atoms with E-state index in [0.29, 0.717) is 0 Å². The van der Waals surface area contributed by atoms with Crippen LogP contribution in [-0.2, 0) is 4.79 Å². The molecule has 0 heterocycles. The lowest BCUT2D eigenvalue weighted by Gasteiger charge is -2.18. The van der Waals surface area contributed by atoms with Gasteiger partial charge in [0.2, 0.25) is 5.91 Å². The Morgan fingerprint density at radius 1 is 1.23 bits per heavy atom. The fourth-order valence-electron chi connectivity index (χ4n) is 0.831. The maximum Gasteiger partial charge on any atom is 0.248 e. The van der Waals surface area contributed by atoms with Crippen molar-refractivity contribution in [1.29, 1.82) is 10.5 Å². The first-order valence-electron chi connectivity index (χ1n) is 3.88. The summed E-state index contributed by atoms with van der Waals surface area (Å²) in [5.74, 6) is -0.439. The monoisotopic (exact) mass is 181 g/mol. The summed E-state index contributed by atoms with van der Waals surface area (Å²) in [6.07, 6.45) is 0.439. The minimum Gasteiger partial charge on any atom is -0.387 e. The molecule has 1 amide bonds. The number of nitrogens with zero attached hydrogens (tertiary/aromatic N) is 3. The van der Waals surface area contributed by atoms with Gasteiger partial charge in [0, 0.05) is 13.1 Å². The first kappa shape index (κ1) is 11.4. The Balaban J connectivity index is 3.97. The second kappa shape index (κ2) is 7.08. The number of aliphatic hydroxyl groups excluding tert-OH is 1. The topological polar surface area (TPSA) is 88.1 Å². The van der Waals surface area contributed by atoms with Gasteiger partial charge in [-0.1, -0.05) is 0 Å². The van der Waals surface area contributed by atoms with E-state index in [1.165, 1.54) is 4.90 Å². The third-order valence-corrected chi connectivity index (χ3v) is 1.48. The fourth-order valence-corrected chi connectivity index (χ4v) is 0.831. The predicted octanol–water partition coefficient (Wildman–Crippen LogP) is -0.365. The highest BCUT2D eigenvalue weighted by atomic mass is 16.3. The lowest BCUT2D eigenvalue weighted by Crippen LogP contribution is -2.34. The molecule has 0 aromatic heterocycles. The maximum atomic E-state index is 11.0. The highest BCUT2D eigenvalue weighted by molar-refractivity contribution is 5.77. The quantitative estimate of drug-likeness (QED) is 0.627. The van der Waals surface area contributed by atoms with Crippen molar-refractivity contribution in [3.63, 3.8) is 0 Å². The summed E-state index contributed by atoms with van der Waals surface area (Å²) < 4.78 is 0. The number of aliphatic hydroxyl groups is 1. The first-order valence-corrected chi connectivity index (χ1v) is 3.88. The molecule has 0 aromatic rings. The van der Waals surface area contributed by atoms with Gasteiger partial charge < -0.3 is 10.0 Å². The van der Waals surface area contributed by atoms with Gasteiger partial charge in [0.25, 0.3) is 0 Å². The molecule has 0 aliphatic rings. The van der Waals surface area contributed by atoms with Crippen molar-refractivity contribution in [2.45, 2.75) is 12.8 Å². The fraction of sp³-hybridized carbons (Fsp3) is 0.625. The van der Waals surface area contributed by atoms with Crippen molar-refractivity contribution in [2.75, 3.05) is 19.7 Å². The Labute approximate surface area is 76.8 Å². The van der Waals surface area contributed by atoms with Crippen molar-refractivity contribution < 1.29 is 9.90 Å². The van der Waals surface area contributed by atoms with Gasteiger partial charge in [0.1, 0.15) is 6.61 Å². The number of carbonyl (C=O) groups is 1. The molecular formula is C8H11N3O2. The molecule has 0 saturated heterocycles. The molecule has 0 aromatic carbocycles. The smallest absolute Gasteiger partial charge is 0.248 e. The van der Waals surface area contributed by atoms with Crippen molar-refractivity contribution in [1.82, 2.24) is 4.90 Å². The predicted molar refractivity (Wildman–Crippen MR) is 44.1 cm³/mol. The number of hydrogen-bond donors (Lipinski definition) is 1. The maximum absolute atomic E-state index is 11.0. The Morgan fingerprint density at radius 2 is 1.69 bits per heavy atom. The lowest BCUT2D eigenvalue weighted by molar-refractivity contribution is -0.134. The molecule has 0 unspecified atom stereocenters. The van der Waals surface area contributed by atoms with Gasteiger partial charge in [-0.2, -0.15) is 10.5 Å². The molecule has 0 aliphatic carbocycles. The second-order valence-electron chi connectivity index (χ2n) is 2.36. The van der Waals surface area contributed by atoms with E-state index in [2.05, 4.69) is 0 Å². The van der Waals surface area contributed by atoms with Gasteiger partial charge in [-0.25, -0.2) is 0 Å². The van der Waals surface area contributed by atoms with Crippen molar-refractivity contribution in [2.24, 2.45) is 0 Å². The zero-order valence-corrected chi connectivity index (χ0v) is 7.23. The summed E-state index contributed by atoms with van der Waals surface area (Å²) in [5, 5.41) is 25.1. The van der Waals surface area contributed by atoms with Crippen LogP contribution in [0.15, 0.2) is 0 Å². The van der Waals surface area contributed by atoms with Gasteiger partial charge in [-0.15, -0.1) is 0 Å². The van der Waals surface area contributed by atoms with Crippen LogP contribution in [0, 0.1) is 22.7 Å². The molecule has 0 atom stereocenters. The molecule has 0 radical (unpaired) electrons. The summed E-state index contributed by atoms with van der Waals surface area (Å²) >= 11 is 0. The zero-order chi connectivity index (χ0) is 10.1. The highest BCUT2D eigenvalue weighted by Crippen LogP contribution is 1.94. The molecule has 5 heteroatoms. The van der Waals surface area contributed by atoms with Crippen LogP contribution in [0.4, 0.5) is 0 Å². The van der Waals surface area contributed by atoms with E-state index in [0.717, 1.165) is 0 Å². The van der Waals surface area contributed by atoms with Crippen LogP contribution in [0.25, 0.3) is 0 Å². The van der Waals surface area contributed by atoms with Crippen molar-refractivity contribution >= 4 is 5.91 Å². The third-order valence-electron chi connectivity index (χ3n) is 1.48. The van der Waals surface area contributed by atoms with E-state index in [-0.39, 0.29) is 25.9 Å². The van der Waals surface area contributed by atoms with Crippen molar-refractivity contribution in [3.05, 3.63) is 0 Å². The Hall–Kier alpha value is -1.59. The van der Waals surface area contributed by atoms with Gasteiger partial charge in [-0.05, 0) is 0 Å². The molecule has 0 saturated carbocycles. The van der Waals surface area contributed by atoms with Gasteiger partial charge in [-0.3, -0.25) is 4.79 Å². The number of carbonyl (C=O) groups excluding carboxylic acids is 1. The first-order chi connectivity index (χ1) is 6.26. The second-order valence-corrected chi connectivity index (χ2v) is 2.36. The molecule has 0 spiro atoms. The Kier molecular flexibility index (Phi) is 6.21. The molecule has 13 heavy (non-hydrogen) atoms. The van der Waals surface area contributed by atoms with E-state index >= 15 is 0 Å². The van der Waals surface area contributed by atoms with Crippen LogP contribution in [0.2, 0.25) is 0 Å². The average molecular weight is 181 g/mol. The minimum absolute atomic E-state index is 0.219. The van der Waals surface area contributed by atoms with Gasteiger partial charge in [0.15, 0.2) is 0 Å². The minimum atomic E-state index is -0.573. The van der Waals surface area contributed by atoms with E-state index in [9.17, 15) is 4.79 Å². The summed E-state index contributed by atoms with van der Waals surface area (Å²) in [5.41, 5.74) is 0. The number of hydrogen-bond acceptors (Lipinski definition) is 4. The summed E-state index contributed by atoms with van der Waals surface area (Å²) in [4.78, 5) is 12.3. The van der Waals surface area contributed by atoms with Crippen LogP contribution in [0.3, 0.4) is 0 Å². The van der Waals surface area contributed by atoms with Gasteiger partial charge >= 0.3 is 0 Å². The largest absolute Gasteiger partial charge is 0.387 e. The lowest BCUT2D eigenvalue weighted by atomic mass is 10.3. The number of amides is 1. The highest BCUT2D eigenvalue weighted by Gasteiger charge is 2.10. The summed E-state index contributed by atoms with van der Waals surface area (Å²) in [6.45, 7) is -0.0218. The average Bonchev–Trinajstić information content (AvgIpc) is 2.17. The van der Waals surface area contributed by atoms with E-state index in [1.54, 1.807) is 0 Å². The van der Waals surface area contributed by atoms with Crippen LogP contribution in [-0.4, -0.2) is 35.6 Å². The van der Waals surface area contributed by atoms with Crippen molar-refractivity contribution in [3.8, 4) is 12.1 Å². The van der Waals surface area contributed by atoms with E-state index in [4.69, 9.17) is 15.6 Å². The van der Waals surface area contributed by atoms with Gasteiger partial charge in [0.05, 0.1) is 25.0 Å². The number of rotatable bonds is 5. The van der Waals surface area contributed by atoms with E-state index in [1.807, 2.05) is 12.1 Å². The SMILES string of the molecule is N#CCCN(CCC#N)C(=O)CO. The van der Waals surface area contributed by atoms with Crippen LogP contribution in [0.1, 0.15) is 12.8 Å². The number of nitriles is 2. The van der Waals surface area contributed by atoms with E-state index < -0.39 is 12.5 Å². The molecule has 0 rings (SSSR count).